The Labute approximate surface area is 130 Å². The minimum absolute atomic E-state index is 0.150. The van der Waals surface area contributed by atoms with Crippen molar-refractivity contribution in [3.05, 3.63) is 5.01 Å². The van der Waals surface area contributed by atoms with Gasteiger partial charge in [0.15, 0.2) is 0 Å². The highest BCUT2D eigenvalue weighted by Gasteiger charge is 2.13. The predicted octanol–water partition coefficient (Wildman–Crippen LogP) is 2.66. The van der Waals surface area contributed by atoms with Gasteiger partial charge in [0.1, 0.15) is 5.01 Å². The fourth-order valence-electron chi connectivity index (χ4n) is 2.15. The molecule has 0 aliphatic heterocycles. The zero-order valence-corrected chi connectivity index (χ0v) is 13.9. The van der Waals surface area contributed by atoms with Gasteiger partial charge in [-0.05, 0) is 31.1 Å². The number of nitrogens with one attached hydrogen (secondary N) is 2. The number of aromatic nitrogens is 2. The van der Waals surface area contributed by atoms with E-state index in [-0.39, 0.29) is 12.6 Å². The molecular formula is C14H26N4O2S. The molecule has 1 aromatic heterocycles. The smallest absolute Gasteiger partial charge is 0.321 e. The van der Waals surface area contributed by atoms with Crippen molar-refractivity contribution in [3.63, 3.8) is 0 Å². The number of anilines is 1. The van der Waals surface area contributed by atoms with Crippen LogP contribution in [-0.2, 0) is 6.42 Å². The summed E-state index contributed by atoms with van der Waals surface area (Å²) in [7, 11) is 0. The molecule has 0 radical (unpaired) electrons. The number of aliphatic hydroxyl groups is 1. The number of nitrogens with zero attached hydrogens (tertiary/aromatic N) is 2. The Morgan fingerprint density at radius 2 is 2.14 bits per heavy atom. The Balaban J connectivity index is 2.37. The summed E-state index contributed by atoms with van der Waals surface area (Å²) in [6, 6.07) is -0.263. The summed E-state index contributed by atoms with van der Waals surface area (Å²) in [5.41, 5.74) is 0. The van der Waals surface area contributed by atoms with E-state index >= 15 is 0 Å². The molecule has 0 saturated carbocycles. The molecule has 3 N–H and O–H groups in total. The second-order valence-electron chi connectivity index (χ2n) is 5.59. The highest BCUT2D eigenvalue weighted by molar-refractivity contribution is 7.15. The van der Waals surface area contributed by atoms with Crippen molar-refractivity contribution in [2.45, 2.75) is 46.5 Å². The zero-order chi connectivity index (χ0) is 15.7. The van der Waals surface area contributed by atoms with Crippen LogP contribution in [0.25, 0.3) is 0 Å². The van der Waals surface area contributed by atoms with Gasteiger partial charge in [-0.3, -0.25) is 5.32 Å². The maximum atomic E-state index is 11.8. The van der Waals surface area contributed by atoms with Gasteiger partial charge in [-0.25, -0.2) is 4.79 Å². The number of carbonyl (C=O) groups is 1. The van der Waals surface area contributed by atoms with Crippen LogP contribution in [0.5, 0.6) is 0 Å². The van der Waals surface area contributed by atoms with Crippen LogP contribution in [0.3, 0.4) is 0 Å². The van der Waals surface area contributed by atoms with Crippen LogP contribution < -0.4 is 10.6 Å². The number of rotatable bonds is 9. The summed E-state index contributed by atoms with van der Waals surface area (Å²) in [4.78, 5) is 11.8. The van der Waals surface area contributed by atoms with Crippen molar-refractivity contribution >= 4 is 22.5 Å². The highest BCUT2D eigenvalue weighted by atomic mass is 32.1. The summed E-state index contributed by atoms with van der Waals surface area (Å²) in [5.74, 6) is 0.844. The molecule has 120 valence electrons. The maximum absolute atomic E-state index is 11.8. The first-order valence-electron chi connectivity index (χ1n) is 7.53. The lowest BCUT2D eigenvalue weighted by Gasteiger charge is -2.18. The molecule has 0 saturated heterocycles. The predicted molar refractivity (Wildman–Crippen MR) is 85.6 cm³/mol. The van der Waals surface area contributed by atoms with Gasteiger partial charge >= 0.3 is 6.03 Å². The van der Waals surface area contributed by atoms with Crippen LogP contribution >= 0.6 is 11.3 Å². The van der Waals surface area contributed by atoms with E-state index in [1.165, 1.54) is 11.3 Å². The molecule has 0 aliphatic rings. The topological polar surface area (TPSA) is 87.1 Å². The number of aryl methyl sites for hydroxylation is 1. The molecule has 7 heteroatoms. The number of hydrogen-bond donors (Lipinski definition) is 3. The van der Waals surface area contributed by atoms with Crippen LogP contribution in [0.2, 0.25) is 0 Å². The minimum Gasteiger partial charge on any atom is -0.396 e. The second-order valence-corrected chi connectivity index (χ2v) is 6.66. The molecule has 1 aromatic rings. The van der Waals surface area contributed by atoms with Gasteiger partial charge in [0.2, 0.25) is 5.13 Å². The minimum atomic E-state index is -0.263. The van der Waals surface area contributed by atoms with Crippen LogP contribution in [0, 0.1) is 11.8 Å². The summed E-state index contributed by atoms with van der Waals surface area (Å²) in [6.07, 6.45) is 3.59. The Morgan fingerprint density at radius 3 is 2.76 bits per heavy atom. The van der Waals surface area contributed by atoms with E-state index in [2.05, 4.69) is 41.6 Å². The van der Waals surface area contributed by atoms with E-state index in [0.29, 0.717) is 29.9 Å². The van der Waals surface area contributed by atoms with Crippen molar-refractivity contribution in [2.24, 2.45) is 11.8 Å². The third-order valence-electron chi connectivity index (χ3n) is 3.04. The lowest BCUT2D eigenvalue weighted by Crippen LogP contribution is -2.33. The molecule has 2 amide bonds. The van der Waals surface area contributed by atoms with Gasteiger partial charge in [-0.15, -0.1) is 10.2 Å². The molecule has 1 unspecified atom stereocenters. The number of hydrogen-bond acceptors (Lipinski definition) is 5. The van der Waals surface area contributed by atoms with Crippen molar-refractivity contribution in [1.29, 1.82) is 0 Å². The molecule has 1 heterocycles. The Morgan fingerprint density at radius 1 is 1.38 bits per heavy atom. The molecule has 0 aliphatic carbocycles. The molecule has 0 aromatic carbocycles. The van der Waals surface area contributed by atoms with Gasteiger partial charge in [0, 0.05) is 19.6 Å². The molecule has 0 spiro atoms. The fraction of sp³-hybridized carbons (Fsp3) is 0.786. The van der Waals surface area contributed by atoms with E-state index in [0.717, 1.165) is 24.3 Å². The normalized spacial score (nSPS) is 12.4. The quantitative estimate of drug-likeness (QED) is 0.654. The lowest BCUT2D eigenvalue weighted by molar-refractivity contribution is 0.231. The van der Waals surface area contributed by atoms with Gasteiger partial charge in [0.05, 0.1) is 0 Å². The monoisotopic (exact) mass is 314 g/mol. The Hall–Kier alpha value is -1.21. The molecular weight excluding hydrogens is 288 g/mol. The van der Waals surface area contributed by atoms with Gasteiger partial charge in [0.25, 0.3) is 0 Å². The van der Waals surface area contributed by atoms with Crippen molar-refractivity contribution in [1.82, 2.24) is 15.5 Å². The van der Waals surface area contributed by atoms with E-state index in [1.54, 1.807) is 0 Å². The van der Waals surface area contributed by atoms with E-state index < -0.39 is 0 Å². The summed E-state index contributed by atoms with van der Waals surface area (Å²) < 4.78 is 0. The molecule has 6 nitrogen and oxygen atoms in total. The van der Waals surface area contributed by atoms with E-state index in [9.17, 15) is 4.79 Å². The average molecular weight is 314 g/mol. The van der Waals surface area contributed by atoms with Crippen molar-refractivity contribution in [3.8, 4) is 0 Å². The summed E-state index contributed by atoms with van der Waals surface area (Å²) >= 11 is 1.41. The lowest BCUT2D eigenvalue weighted by atomic mass is 9.94. The first-order valence-corrected chi connectivity index (χ1v) is 8.34. The first kappa shape index (κ1) is 17.8. The van der Waals surface area contributed by atoms with Crippen LogP contribution in [-0.4, -0.2) is 34.5 Å². The summed E-state index contributed by atoms with van der Waals surface area (Å²) in [6.45, 7) is 7.07. The number of amides is 2. The molecule has 1 atom stereocenters. The third kappa shape index (κ3) is 7.38. The van der Waals surface area contributed by atoms with E-state index in [1.807, 2.05) is 0 Å². The number of urea groups is 1. The summed E-state index contributed by atoms with van der Waals surface area (Å²) in [5, 5.41) is 24.0. The molecule has 21 heavy (non-hydrogen) atoms. The Bertz CT molecular complexity index is 423. The maximum Gasteiger partial charge on any atom is 0.321 e. The van der Waals surface area contributed by atoms with Gasteiger partial charge in [-0.2, -0.15) is 0 Å². The average Bonchev–Trinajstić information content (AvgIpc) is 2.83. The molecule has 0 bridgehead atoms. The van der Waals surface area contributed by atoms with Gasteiger partial charge in [-0.1, -0.05) is 32.1 Å². The van der Waals surface area contributed by atoms with Crippen LogP contribution in [0.15, 0.2) is 0 Å². The largest absolute Gasteiger partial charge is 0.396 e. The van der Waals surface area contributed by atoms with Crippen LogP contribution in [0.1, 0.15) is 45.0 Å². The van der Waals surface area contributed by atoms with Gasteiger partial charge < -0.3 is 10.4 Å². The zero-order valence-electron chi connectivity index (χ0n) is 13.1. The number of carbonyl (C=O) groups excluding carboxylic acids is 1. The number of aliphatic hydroxyl groups excluding tert-OH is 1. The Kier molecular flexibility index (Phi) is 8.22. The first-order chi connectivity index (χ1) is 10.0. The van der Waals surface area contributed by atoms with E-state index in [4.69, 9.17) is 5.11 Å². The van der Waals surface area contributed by atoms with Crippen molar-refractivity contribution in [2.75, 3.05) is 18.5 Å². The fourth-order valence-corrected chi connectivity index (χ4v) is 2.99. The van der Waals surface area contributed by atoms with Crippen LogP contribution in [0.4, 0.5) is 9.93 Å². The highest BCUT2D eigenvalue weighted by Crippen LogP contribution is 2.17. The molecule has 0 fully saturated rings. The molecule has 1 rings (SSSR count). The SMILES string of the molecule is CCCc1nnc(NC(=O)NCC(CCO)CC(C)C)s1. The third-order valence-corrected chi connectivity index (χ3v) is 3.94. The van der Waals surface area contributed by atoms with Crippen molar-refractivity contribution < 1.29 is 9.90 Å². The standard InChI is InChI=1S/C14H26N4O2S/c1-4-5-12-17-18-14(21-12)16-13(20)15-9-11(6-7-19)8-10(2)3/h10-11,19H,4-9H2,1-3H3,(H2,15,16,18,20). The second kappa shape index (κ2) is 9.68.